The van der Waals surface area contributed by atoms with E-state index in [-0.39, 0.29) is 5.43 Å². The minimum atomic E-state index is 0.0714. The first-order valence-corrected chi connectivity index (χ1v) is 6.79. The average molecular weight is 263 g/mol. The summed E-state index contributed by atoms with van der Waals surface area (Å²) in [6.45, 7) is 2.14. The molecule has 1 nitrogen and oxygen atoms in total. The summed E-state index contributed by atoms with van der Waals surface area (Å²) < 4.78 is 1.05. The lowest BCUT2D eigenvalue weighted by atomic mass is 9.95. The normalized spacial score (nSPS) is 18.9. The Labute approximate surface area is 108 Å². The molecule has 3 heteroatoms. The van der Waals surface area contributed by atoms with Gasteiger partial charge in [0.1, 0.15) is 0 Å². The van der Waals surface area contributed by atoms with Crippen molar-refractivity contribution in [3.05, 3.63) is 51.0 Å². The second-order valence-electron chi connectivity index (χ2n) is 4.36. The lowest BCUT2D eigenvalue weighted by molar-refractivity contribution is 0.786. The lowest BCUT2D eigenvalue weighted by Gasteiger charge is -2.19. The fraction of sp³-hybridized carbons (Fsp3) is 0.214. The number of hydrogen-bond acceptors (Lipinski definition) is 2. The maximum Gasteiger partial charge on any atom is 0.197 e. The Morgan fingerprint density at radius 3 is 2.94 bits per heavy atom. The monoisotopic (exact) mass is 262 g/mol. The molecule has 1 aliphatic rings. The number of allylic oxidation sites excluding steroid dienone is 1. The van der Waals surface area contributed by atoms with E-state index in [1.807, 2.05) is 30.3 Å². The molecule has 0 bridgehead atoms. The van der Waals surface area contributed by atoms with Crippen LogP contribution in [0.4, 0.5) is 0 Å². The molecule has 0 saturated heterocycles. The summed E-state index contributed by atoms with van der Waals surface area (Å²) in [5.41, 5.74) is 0.788. The summed E-state index contributed by atoms with van der Waals surface area (Å²) in [6.07, 6.45) is 2.87. The summed E-state index contributed by atoms with van der Waals surface area (Å²) in [5.74, 6) is 0.384. The molecule has 0 spiro atoms. The first-order chi connectivity index (χ1) is 8.18. The molecule has 0 aliphatic heterocycles. The lowest BCUT2D eigenvalue weighted by Crippen LogP contribution is -2.13. The van der Waals surface area contributed by atoms with E-state index in [1.165, 1.54) is 0 Å². The van der Waals surface area contributed by atoms with Gasteiger partial charge in [-0.1, -0.05) is 36.7 Å². The van der Waals surface area contributed by atoms with Crippen LogP contribution in [0.2, 0.25) is 0 Å². The summed E-state index contributed by atoms with van der Waals surface area (Å²) >= 11 is 7.88. The van der Waals surface area contributed by atoms with E-state index in [0.717, 1.165) is 21.4 Å². The Hall–Kier alpha value is -1.12. The van der Waals surface area contributed by atoms with Crippen molar-refractivity contribution >= 4 is 38.1 Å². The quantitative estimate of drug-likeness (QED) is 0.690. The molecule has 2 aromatic rings. The third kappa shape index (κ3) is 1.63. The molecule has 1 aromatic heterocycles. The maximum absolute atomic E-state index is 12.4. The summed E-state index contributed by atoms with van der Waals surface area (Å²) in [4.78, 5) is 13.5. The minimum Gasteiger partial charge on any atom is -0.288 e. The van der Waals surface area contributed by atoms with Crippen LogP contribution < -0.4 is 5.43 Å². The molecule has 1 unspecified atom stereocenters. The third-order valence-corrected chi connectivity index (χ3v) is 4.91. The number of halogens is 1. The largest absolute Gasteiger partial charge is 0.288 e. The highest BCUT2D eigenvalue weighted by Gasteiger charge is 2.22. The van der Waals surface area contributed by atoms with E-state index in [9.17, 15) is 4.79 Å². The second-order valence-corrected chi connectivity index (χ2v) is 5.85. The number of fused-ring (bicyclic) bond motifs is 2. The van der Waals surface area contributed by atoms with Gasteiger partial charge in [0.2, 0.25) is 0 Å². The van der Waals surface area contributed by atoms with E-state index in [0.29, 0.717) is 16.5 Å². The molecular formula is C14H11ClOS. The van der Waals surface area contributed by atoms with Gasteiger partial charge in [0, 0.05) is 20.0 Å². The Morgan fingerprint density at radius 1 is 1.35 bits per heavy atom. The van der Waals surface area contributed by atoms with Gasteiger partial charge in [-0.05, 0) is 24.5 Å². The summed E-state index contributed by atoms with van der Waals surface area (Å²) in [6, 6.07) is 7.74. The van der Waals surface area contributed by atoms with E-state index in [4.69, 9.17) is 11.6 Å². The summed E-state index contributed by atoms with van der Waals surface area (Å²) in [7, 11) is 0. The van der Waals surface area contributed by atoms with E-state index in [1.54, 1.807) is 11.3 Å². The van der Waals surface area contributed by atoms with Crippen molar-refractivity contribution in [2.75, 3.05) is 0 Å². The van der Waals surface area contributed by atoms with Gasteiger partial charge in [-0.3, -0.25) is 4.79 Å². The standard InChI is InChI=1S/C14H11ClOS/c1-8-6-7-10(15)12-13(16)9-4-2-3-5-11(9)17-14(8)12/h2-5,7-8H,6H2,1H3. The Morgan fingerprint density at radius 2 is 2.12 bits per heavy atom. The van der Waals surface area contributed by atoms with Crippen LogP contribution in [-0.4, -0.2) is 0 Å². The highest BCUT2D eigenvalue weighted by atomic mass is 35.5. The Bertz CT molecular complexity index is 684. The van der Waals surface area contributed by atoms with E-state index in [2.05, 4.69) is 6.92 Å². The van der Waals surface area contributed by atoms with Crippen molar-refractivity contribution in [1.82, 2.24) is 0 Å². The molecule has 0 fully saturated rings. The van der Waals surface area contributed by atoms with Gasteiger partial charge < -0.3 is 0 Å². The van der Waals surface area contributed by atoms with Crippen LogP contribution in [0.15, 0.2) is 35.1 Å². The van der Waals surface area contributed by atoms with Crippen LogP contribution in [0.5, 0.6) is 0 Å². The number of benzene rings is 1. The van der Waals surface area contributed by atoms with Crippen LogP contribution in [0.25, 0.3) is 15.1 Å². The maximum atomic E-state index is 12.4. The number of hydrogen-bond donors (Lipinski definition) is 0. The van der Waals surface area contributed by atoms with Gasteiger partial charge in [0.05, 0.1) is 5.56 Å². The number of rotatable bonds is 0. The van der Waals surface area contributed by atoms with Crippen molar-refractivity contribution in [3.63, 3.8) is 0 Å². The highest BCUT2D eigenvalue weighted by Crippen LogP contribution is 2.38. The zero-order valence-corrected chi connectivity index (χ0v) is 10.9. The van der Waals surface area contributed by atoms with Crippen molar-refractivity contribution in [2.24, 2.45) is 0 Å². The fourth-order valence-corrected chi connectivity index (χ4v) is 3.81. The topological polar surface area (TPSA) is 17.1 Å². The van der Waals surface area contributed by atoms with Crippen LogP contribution in [-0.2, 0) is 0 Å². The molecule has 1 atom stereocenters. The fourth-order valence-electron chi connectivity index (χ4n) is 2.22. The van der Waals surface area contributed by atoms with Crippen molar-refractivity contribution in [2.45, 2.75) is 19.3 Å². The molecule has 0 radical (unpaired) electrons. The molecule has 0 N–H and O–H groups in total. The average Bonchev–Trinajstić information content (AvgIpc) is 2.34. The summed E-state index contributed by atoms with van der Waals surface area (Å²) in [5, 5.41) is 1.39. The Balaban J connectivity index is 2.48. The molecule has 1 aromatic carbocycles. The van der Waals surface area contributed by atoms with Gasteiger partial charge in [-0.15, -0.1) is 11.3 Å². The minimum absolute atomic E-state index is 0.0714. The third-order valence-electron chi connectivity index (χ3n) is 3.16. The highest BCUT2D eigenvalue weighted by molar-refractivity contribution is 7.18. The Kier molecular flexibility index (Phi) is 2.57. The predicted molar refractivity (Wildman–Crippen MR) is 75.0 cm³/mol. The smallest absolute Gasteiger partial charge is 0.197 e. The van der Waals surface area contributed by atoms with Crippen LogP contribution in [0.1, 0.15) is 29.7 Å². The second kappa shape index (κ2) is 3.97. The van der Waals surface area contributed by atoms with Gasteiger partial charge in [0.15, 0.2) is 5.43 Å². The first-order valence-electron chi connectivity index (χ1n) is 5.60. The molecule has 0 amide bonds. The zero-order valence-electron chi connectivity index (χ0n) is 9.37. The molecule has 1 heterocycles. The molecule has 17 heavy (non-hydrogen) atoms. The molecule has 0 saturated carbocycles. The predicted octanol–water partition coefficient (Wildman–Crippen LogP) is 4.35. The molecule has 86 valence electrons. The first kappa shape index (κ1) is 11.0. The molecular weight excluding hydrogens is 252 g/mol. The van der Waals surface area contributed by atoms with Crippen LogP contribution in [0, 0.1) is 0 Å². The van der Waals surface area contributed by atoms with Gasteiger partial charge in [-0.25, -0.2) is 0 Å². The van der Waals surface area contributed by atoms with Crippen molar-refractivity contribution < 1.29 is 0 Å². The molecule has 1 aliphatic carbocycles. The van der Waals surface area contributed by atoms with Crippen molar-refractivity contribution in [1.29, 1.82) is 0 Å². The van der Waals surface area contributed by atoms with E-state index >= 15 is 0 Å². The van der Waals surface area contributed by atoms with Crippen molar-refractivity contribution in [3.8, 4) is 0 Å². The SMILES string of the molecule is CC1CC=C(Cl)c2c1sc1ccccc1c2=O. The van der Waals surface area contributed by atoms with Gasteiger partial charge >= 0.3 is 0 Å². The molecule has 3 rings (SSSR count). The van der Waals surface area contributed by atoms with Crippen LogP contribution >= 0.6 is 22.9 Å². The van der Waals surface area contributed by atoms with Gasteiger partial charge in [-0.2, -0.15) is 0 Å². The van der Waals surface area contributed by atoms with Crippen LogP contribution in [0.3, 0.4) is 0 Å². The van der Waals surface area contributed by atoms with E-state index < -0.39 is 0 Å². The van der Waals surface area contributed by atoms with Gasteiger partial charge in [0.25, 0.3) is 0 Å². The zero-order chi connectivity index (χ0) is 12.0.